The molecule has 1 aromatic carbocycles. The van der Waals surface area contributed by atoms with E-state index < -0.39 is 17.6 Å². The second kappa shape index (κ2) is 5.98. The Balaban J connectivity index is 2.61. The van der Waals surface area contributed by atoms with Gasteiger partial charge in [0.2, 0.25) is 0 Å². The summed E-state index contributed by atoms with van der Waals surface area (Å²) < 4.78 is 25.5. The molecule has 2 N–H and O–H groups in total. The van der Waals surface area contributed by atoms with Crippen LogP contribution in [0.4, 0.5) is 14.5 Å². The van der Waals surface area contributed by atoms with E-state index in [9.17, 15) is 13.6 Å². The molecular weight excluding hydrogens is 228 g/mol. The van der Waals surface area contributed by atoms with Crippen molar-refractivity contribution in [3.8, 4) is 0 Å². The minimum atomic E-state index is -0.973. The lowest BCUT2D eigenvalue weighted by Gasteiger charge is -2.04. The number of nitrogens with one attached hydrogen (secondary N) is 1. The Morgan fingerprint density at radius 1 is 1.41 bits per heavy atom. The zero-order chi connectivity index (χ0) is 12.8. The number of anilines is 1. The van der Waals surface area contributed by atoms with E-state index in [1.54, 1.807) is 6.92 Å². The summed E-state index contributed by atoms with van der Waals surface area (Å²) in [6.45, 7) is 1.98. The third-order valence-corrected chi connectivity index (χ3v) is 2.23. The second-order valence-electron chi connectivity index (χ2n) is 3.40. The van der Waals surface area contributed by atoms with Crippen LogP contribution in [0.1, 0.15) is 13.3 Å². The van der Waals surface area contributed by atoms with E-state index in [0.717, 1.165) is 12.1 Å². The Morgan fingerprint density at radius 2 is 2.12 bits per heavy atom. The van der Waals surface area contributed by atoms with Gasteiger partial charge in [-0.15, -0.1) is 0 Å². The van der Waals surface area contributed by atoms with Gasteiger partial charge in [-0.2, -0.15) is 0 Å². The van der Waals surface area contributed by atoms with Crippen molar-refractivity contribution in [2.24, 2.45) is 0 Å². The molecule has 5 heteroatoms. The first-order valence-corrected chi connectivity index (χ1v) is 5.15. The number of carboxylic acids is 1. The molecule has 0 aromatic heterocycles. The predicted molar refractivity (Wildman–Crippen MR) is 60.9 cm³/mol. The number of carbonyl (C=O) groups is 1. The highest BCUT2D eigenvalue weighted by molar-refractivity contribution is 5.86. The van der Waals surface area contributed by atoms with Crippen LogP contribution in [0.15, 0.2) is 29.8 Å². The summed E-state index contributed by atoms with van der Waals surface area (Å²) in [5.41, 5.74) is 0.682. The van der Waals surface area contributed by atoms with E-state index >= 15 is 0 Å². The molecule has 0 bridgehead atoms. The SMILES string of the molecule is CC/C(=C/CNc1ccc(F)c(F)c1)C(=O)O. The molecule has 0 aliphatic heterocycles. The number of hydrogen-bond donors (Lipinski definition) is 2. The number of halogens is 2. The summed E-state index contributed by atoms with van der Waals surface area (Å²) in [6, 6.07) is 3.42. The molecule has 3 nitrogen and oxygen atoms in total. The second-order valence-corrected chi connectivity index (χ2v) is 3.40. The molecular formula is C12H13F2NO2. The molecule has 0 aliphatic carbocycles. The molecule has 0 unspecified atom stereocenters. The maximum absolute atomic E-state index is 12.8. The van der Waals surface area contributed by atoms with Crippen LogP contribution in [0, 0.1) is 11.6 Å². The van der Waals surface area contributed by atoms with Gasteiger partial charge in [0.1, 0.15) is 0 Å². The molecule has 0 saturated carbocycles. The van der Waals surface area contributed by atoms with Crippen molar-refractivity contribution in [3.05, 3.63) is 41.5 Å². The van der Waals surface area contributed by atoms with Crippen molar-refractivity contribution in [2.45, 2.75) is 13.3 Å². The van der Waals surface area contributed by atoms with Crippen molar-refractivity contribution < 1.29 is 18.7 Å². The minimum Gasteiger partial charge on any atom is -0.478 e. The normalized spacial score (nSPS) is 11.4. The van der Waals surface area contributed by atoms with Crippen LogP contribution in [0.25, 0.3) is 0 Å². The summed E-state index contributed by atoms with van der Waals surface area (Å²) >= 11 is 0. The molecule has 0 fully saturated rings. The molecule has 0 heterocycles. The molecule has 1 aromatic rings. The maximum atomic E-state index is 12.8. The van der Waals surface area contributed by atoms with E-state index in [0.29, 0.717) is 12.1 Å². The van der Waals surface area contributed by atoms with Gasteiger partial charge in [0.05, 0.1) is 0 Å². The molecule has 0 aliphatic rings. The minimum absolute atomic E-state index is 0.251. The lowest BCUT2D eigenvalue weighted by Crippen LogP contribution is -2.05. The molecule has 0 radical (unpaired) electrons. The fraction of sp³-hybridized carbons (Fsp3) is 0.250. The number of carboxylic acid groups (broad SMARTS) is 1. The van der Waals surface area contributed by atoms with Gasteiger partial charge in [0.25, 0.3) is 0 Å². The molecule has 17 heavy (non-hydrogen) atoms. The van der Waals surface area contributed by atoms with Crippen molar-refractivity contribution in [1.82, 2.24) is 0 Å². The Hall–Kier alpha value is -1.91. The fourth-order valence-electron chi connectivity index (χ4n) is 1.28. The van der Waals surface area contributed by atoms with Crippen LogP contribution in [0.5, 0.6) is 0 Å². The lowest BCUT2D eigenvalue weighted by molar-refractivity contribution is -0.132. The van der Waals surface area contributed by atoms with Gasteiger partial charge < -0.3 is 10.4 Å². The summed E-state index contributed by atoms with van der Waals surface area (Å²) in [5, 5.41) is 11.5. The van der Waals surface area contributed by atoms with Gasteiger partial charge in [-0.3, -0.25) is 0 Å². The van der Waals surface area contributed by atoms with Crippen LogP contribution in [0.3, 0.4) is 0 Å². The Bertz CT molecular complexity index is 444. The van der Waals surface area contributed by atoms with Gasteiger partial charge in [-0.05, 0) is 18.6 Å². The van der Waals surface area contributed by atoms with Crippen LogP contribution >= 0.6 is 0 Å². The number of benzene rings is 1. The number of aliphatic carboxylic acids is 1. The highest BCUT2D eigenvalue weighted by Crippen LogP contribution is 2.13. The van der Waals surface area contributed by atoms with E-state index in [2.05, 4.69) is 5.32 Å². The number of rotatable bonds is 5. The van der Waals surface area contributed by atoms with Crippen LogP contribution in [-0.4, -0.2) is 17.6 Å². The highest BCUT2D eigenvalue weighted by Gasteiger charge is 2.04. The summed E-state index contributed by atoms with van der Waals surface area (Å²) in [6.07, 6.45) is 1.92. The zero-order valence-electron chi connectivity index (χ0n) is 9.34. The Kier molecular flexibility index (Phi) is 4.63. The quantitative estimate of drug-likeness (QED) is 0.779. The first-order chi connectivity index (χ1) is 8.04. The number of hydrogen-bond acceptors (Lipinski definition) is 2. The molecule has 0 spiro atoms. The largest absolute Gasteiger partial charge is 0.478 e. The van der Waals surface area contributed by atoms with E-state index in [1.165, 1.54) is 12.1 Å². The monoisotopic (exact) mass is 241 g/mol. The summed E-state index contributed by atoms with van der Waals surface area (Å²) in [5.74, 6) is -2.82. The zero-order valence-corrected chi connectivity index (χ0v) is 9.34. The van der Waals surface area contributed by atoms with E-state index in [4.69, 9.17) is 5.11 Å². The average Bonchev–Trinajstić information content (AvgIpc) is 2.28. The standard InChI is InChI=1S/C12H13F2NO2/c1-2-8(12(16)17)5-6-15-9-3-4-10(13)11(14)7-9/h3-5,7,15H,2,6H2,1H3,(H,16,17)/b8-5-. The van der Waals surface area contributed by atoms with Crippen LogP contribution < -0.4 is 5.32 Å². The van der Waals surface area contributed by atoms with Crippen molar-refractivity contribution in [3.63, 3.8) is 0 Å². The molecule has 0 atom stereocenters. The summed E-state index contributed by atoms with van der Waals surface area (Å²) in [7, 11) is 0. The van der Waals surface area contributed by atoms with Crippen molar-refractivity contribution in [2.75, 3.05) is 11.9 Å². The van der Waals surface area contributed by atoms with Crippen LogP contribution in [0.2, 0.25) is 0 Å². The smallest absolute Gasteiger partial charge is 0.331 e. The third kappa shape index (κ3) is 3.86. The highest BCUT2D eigenvalue weighted by atomic mass is 19.2. The average molecular weight is 241 g/mol. The van der Waals surface area contributed by atoms with E-state index in [-0.39, 0.29) is 12.1 Å². The Morgan fingerprint density at radius 3 is 2.65 bits per heavy atom. The van der Waals surface area contributed by atoms with E-state index in [1.807, 2.05) is 0 Å². The first kappa shape index (κ1) is 13.2. The van der Waals surface area contributed by atoms with Crippen LogP contribution in [-0.2, 0) is 4.79 Å². The molecule has 0 saturated heterocycles. The maximum Gasteiger partial charge on any atom is 0.331 e. The first-order valence-electron chi connectivity index (χ1n) is 5.15. The van der Waals surface area contributed by atoms with Gasteiger partial charge in [0.15, 0.2) is 11.6 Å². The van der Waals surface area contributed by atoms with Gasteiger partial charge in [-0.25, -0.2) is 13.6 Å². The molecule has 0 amide bonds. The Labute approximate surface area is 97.8 Å². The third-order valence-electron chi connectivity index (χ3n) is 2.23. The molecule has 1 rings (SSSR count). The topological polar surface area (TPSA) is 49.3 Å². The molecule has 92 valence electrons. The van der Waals surface area contributed by atoms with Crippen molar-refractivity contribution in [1.29, 1.82) is 0 Å². The lowest BCUT2D eigenvalue weighted by atomic mass is 10.2. The van der Waals surface area contributed by atoms with Gasteiger partial charge in [-0.1, -0.05) is 13.0 Å². The summed E-state index contributed by atoms with van der Waals surface area (Å²) in [4.78, 5) is 10.7. The predicted octanol–water partition coefficient (Wildman–Crippen LogP) is 2.80. The fourth-order valence-corrected chi connectivity index (χ4v) is 1.28. The van der Waals surface area contributed by atoms with Crippen molar-refractivity contribution >= 4 is 11.7 Å². The van der Waals surface area contributed by atoms with Gasteiger partial charge >= 0.3 is 5.97 Å². The van der Waals surface area contributed by atoms with Gasteiger partial charge in [0, 0.05) is 23.9 Å².